The third-order valence-corrected chi connectivity index (χ3v) is 7.12. The second kappa shape index (κ2) is 9.87. The number of piperidine rings is 1. The van der Waals surface area contributed by atoms with Crippen LogP contribution in [-0.2, 0) is 9.53 Å². The molecular formula is C24H32N4O5. The van der Waals surface area contributed by atoms with Crippen molar-refractivity contribution in [1.29, 1.82) is 0 Å². The maximum Gasteiger partial charge on any atom is 0.412 e. The molecule has 2 aliphatic heterocycles. The molecule has 3 heterocycles. The zero-order chi connectivity index (χ0) is 23.4. The summed E-state index contributed by atoms with van der Waals surface area (Å²) < 4.78 is 10.4. The fraction of sp³-hybridized carbons (Fsp3) is 0.625. The first-order chi connectivity index (χ1) is 16.0. The first-order valence-electron chi connectivity index (χ1n) is 11.6. The number of aromatic nitrogens is 1. The molecule has 0 bridgehead atoms. The van der Waals surface area contributed by atoms with Crippen molar-refractivity contribution >= 4 is 23.5 Å². The van der Waals surface area contributed by atoms with E-state index in [1.165, 1.54) is 0 Å². The Kier molecular flexibility index (Phi) is 6.94. The number of aliphatic hydroxyl groups excluding tert-OH is 1. The van der Waals surface area contributed by atoms with Gasteiger partial charge in [-0.3, -0.25) is 10.1 Å². The molecule has 4 rings (SSSR count). The Morgan fingerprint density at radius 1 is 1.33 bits per heavy atom. The fourth-order valence-corrected chi connectivity index (χ4v) is 5.41. The molecule has 3 fully saturated rings. The predicted octanol–water partition coefficient (Wildman–Crippen LogP) is 2.39. The lowest BCUT2D eigenvalue weighted by molar-refractivity contribution is -0.139. The lowest BCUT2D eigenvalue weighted by Gasteiger charge is -2.41. The Bertz CT molecular complexity index is 924. The molecule has 3 aliphatic rings. The monoisotopic (exact) mass is 456 g/mol. The van der Waals surface area contributed by atoms with E-state index < -0.39 is 11.5 Å². The third-order valence-electron chi connectivity index (χ3n) is 7.12. The van der Waals surface area contributed by atoms with Gasteiger partial charge in [0.15, 0.2) is 18.2 Å². The van der Waals surface area contributed by atoms with Gasteiger partial charge in [0.2, 0.25) is 5.91 Å². The van der Waals surface area contributed by atoms with Crippen LogP contribution in [0.25, 0.3) is 0 Å². The highest BCUT2D eigenvalue weighted by Crippen LogP contribution is 2.44. The number of nitrogens with one attached hydrogen (secondary N) is 1. The number of carbonyl (C=O) groups excluding carboxylic acids is 2. The molecule has 1 saturated carbocycles. The van der Waals surface area contributed by atoms with E-state index in [1.54, 1.807) is 19.4 Å². The highest BCUT2D eigenvalue weighted by Gasteiger charge is 2.51. The number of nitrogens with zero attached hydrogens (tertiary/aromatic N) is 3. The van der Waals surface area contributed by atoms with Gasteiger partial charge >= 0.3 is 6.09 Å². The number of amides is 2. The minimum absolute atomic E-state index is 0.114. The summed E-state index contributed by atoms with van der Waals surface area (Å²) in [4.78, 5) is 34.1. The van der Waals surface area contributed by atoms with Crippen LogP contribution in [0.5, 0.6) is 5.75 Å². The number of hydrogen-bond donors (Lipinski definition) is 2. The molecular weight excluding hydrogens is 424 g/mol. The van der Waals surface area contributed by atoms with Gasteiger partial charge in [0.25, 0.3) is 0 Å². The van der Waals surface area contributed by atoms with E-state index in [1.807, 2.05) is 0 Å². The van der Waals surface area contributed by atoms with E-state index in [0.29, 0.717) is 23.8 Å². The summed E-state index contributed by atoms with van der Waals surface area (Å²) in [6.45, 7) is 2.04. The zero-order valence-electron chi connectivity index (χ0n) is 19.1. The van der Waals surface area contributed by atoms with Crippen molar-refractivity contribution in [2.24, 2.45) is 5.41 Å². The lowest BCUT2D eigenvalue weighted by atomic mass is 9.78. The zero-order valence-corrected chi connectivity index (χ0v) is 19.1. The summed E-state index contributed by atoms with van der Waals surface area (Å²) in [7, 11) is 1.56. The molecule has 1 aliphatic carbocycles. The first kappa shape index (κ1) is 23.2. The van der Waals surface area contributed by atoms with E-state index in [0.717, 1.165) is 58.0 Å². The van der Waals surface area contributed by atoms with Crippen molar-refractivity contribution in [2.75, 3.05) is 43.6 Å². The molecule has 178 valence electrons. The molecule has 2 amide bonds. The van der Waals surface area contributed by atoms with Crippen LogP contribution in [0.4, 0.5) is 16.3 Å². The topological polar surface area (TPSA) is 104 Å². The lowest BCUT2D eigenvalue weighted by Crippen LogP contribution is -2.50. The number of pyridine rings is 1. The number of aliphatic hydroxyl groups is 1. The Hall–Kier alpha value is -2.99. The van der Waals surface area contributed by atoms with Crippen molar-refractivity contribution in [3.05, 3.63) is 12.3 Å². The van der Waals surface area contributed by atoms with Gasteiger partial charge in [-0.25, -0.2) is 9.78 Å². The molecule has 1 aromatic rings. The van der Waals surface area contributed by atoms with Gasteiger partial charge in [-0.05, 0) is 44.9 Å². The standard InChI is InChI=1S/C24H32N4O5/c1-3-13-33-23(31)26-17-14-20(32-2)21(25-15-17)27-11-4-9-24(16-27)10-12-28(22(24)30)18-5-7-19(29)8-6-18/h1,14-15,18-19,29H,4-13,16H2,2H3,(H,26,31)/t18-,19+,24-/m1/s1. The average Bonchev–Trinajstić information content (AvgIpc) is 3.13. The molecule has 0 radical (unpaired) electrons. The third kappa shape index (κ3) is 4.86. The van der Waals surface area contributed by atoms with Crippen molar-refractivity contribution in [1.82, 2.24) is 9.88 Å². The summed E-state index contributed by atoms with van der Waals surface area (Å²) in [5.74, 6) is 3.66. The highest BCUT2D eigenvalue weighted by atomic mass is 16.5. The van der Waals surface area contributed by atoms with Crippen LogP contribution < -0.4 is 15.0 Å². The van der Waals surface area contributed by atoms with E-state index in [9.17, 15) is 14.7 Å². The van der Waals surface area contributed by atoms with Crippen molar-refractivity contribution in [3.8, 4) is 18.1 Å². The Morgan fingerprint density at radius 3 is 2.85 bits per heavy atom. The van der Waals surface area contributed by atoms with E-state index in [4.69, 9.17) is 15.9 Å². The molecule has 1 spiro atoms. The normalized spacial score (nSPS) is 27.4. The summed E-state index contributed by atoms with van der Waals surface area (Å²) in [6.07, 6.45) is 11.7. The number of methoxy groups -OCH3 is 1. The molecule has 2 saturated heterocycles. The number of carbonyl (C=O) groups is 2. The second-order valence-corrected chi connectivity index (χ2v) is 9.17. The van der Waals surface area contributed by atoms with E-state index in [-0.39, 0.29) is 24.7 Å². The van der Waals surface area contributed by atoms with Crippen LogP contribution in [0.3, 0.4) is 0 Å². The summed E-state index contributed by atoms with van der Waals surface area (Å²) in [5, 5.41) is 12.4. The predicted molar refractivity (Wildman–Crippen MR) is 123 cm³/mol. The van der Waals surface area contributed by atoms with E-state index >= 15 is 0 Å². The minimum Gasteiger partial charge on any atom is -0.493 e. The quantitative estimate of drug-likeness (QED) is 0.656. The molecule has 0 unspecified atom stereocenters. The maximum atomic E-state index is 13.6. The first-order valence-corrected chi connectivity index (χ1v) is 11.6. The Labute approximate surface area is 194 Å². The number of hydrogen-bond acceptors (Lipinski definition) is 7. The van der Waals surface area contributed by atoms with E-state index in [2.05, 4.69) is 26.0 Å². The average molecular weight is 457 g/mol. The minimum atomic E-state index is -0.659. The summed E-state index contributed by atoms with van der Waals surface area (Å²) in [6, 6.07) is 1.93. The van der Waals surface area contributed by atoms with Gasteiger partial charge in [0, 0.05) is 31.7 Å². The van der Waals surface area contributed by atoms with Crippen LogP contribution in [-0.4, -0.2) is 72.5 Å². The van der Waals surface area contributed by atoms with Crippen LogP contribution in [0.2, 0.25) is 0 Å². The Morgan fingerprint density at radius 2 is 2.12 bits per heavy atom. The molecule has 9 nitrogen and oxygen atoms in total. The van der Waals surface area contributed by atoms with Crippen LogP contribution in [0.1, 0.15) is 44.9 Å². The maximum absolute atomic E-state index is 13.6. The second-order valence-electron chi connectivity index (χ2n) is 9.17. The molecule has 0 aromatic carbocycles. The van der Waals surface area contributed by atoms with Gasteiger partial charge < -0.3 is 24.4 Å². The van der Waals surface area contributed by atoms with Gasteiger partial charge in [0.05, 0.1) is 30.5 Å². The number of likely N-dealkylation sites (tertiary alicyclic amines) is 1. The van der Waals surface area contributed by atoms with Crippen molar-refractivity contribution < 1.29 is 24.2 Å². The van der Waals surface area contributed by atoms with Gasteiger partial charge in [0.1, 0.15) is 0 Å². The van der Waals surface area contributed by atoms with Crippen molar-refractivity contribution in [3.63, 3.8) is 0 Å². The fourth-order valence-electron chi connectivity index (χ4n) is 5.41. The van der Waals surface area contributed by atoms with Crippen LogP contribution in [0, 0.1) is 17.8 Å². The summed E-state index contributed by atoms with van der Waals surface area (Å²) in [5.41, 5.74) is 0.0312. The number of anilines is 2. The smallest absolute Gasteiger partial charge is 0.412 e. The Balaban J connectivity index is 1.46. The molecule has 2 N–H and O–H groups in total. The number of rotatable bonds is 5. The summed E-state index contributed by atoms with van der Waals surface area (Å²) >= 11 is 0. The SMILES string of the molecule is C#CCOC(=O)Nc1cnc(N2CCC[C@@]3(CCN([C@H]4CC[C@@H](O)CC4)C3=O)C2)c(OC)c1. The van der Waals surface area contributed by atoms with Gasteiger partial charge in [-0.15, -0.1) is 6.42 Å². The van der Waals surface area contributed by atoms with Crippen LogP contribution >= 0.6 is 0 Å². The number of terminal acetylenes is 1. The largest absolute Gasteiger partial charge is 0.493 e. The highest BCUT2D eigenvalue weighted by molar-refractivity contribution is 5.87. The van der Waals surface area contributed by atoms with Crippen LogP contribution in [0.15, 0.2) is 12.3 Å². The molecule has 1 aromatic heterocycles. The van der Waals surface area contributed by atoms with Gasteiger partial charge in [-0.1, -0.05) is 5.92 Å². The molecule has 33 heavy (non-hydrogen) atoms. The molecule has 9 heteroatoms. The van der Waals surface area contributed by atoms with Gasteiger partial charge in [-0.2, -0.15) is 0 Å². The molecule has 1 atom stereocenters. The number of ether oxygens (including phenoxy) is 2. The van der Waals surface area contributed by atoms with Crippen molar-refractivity contribution in [2.45, 2.75) is 57.1 Å².